The van der Waals surface area contributed by atoms with Gasteiger partial charge in [0.2, 0.25) is 5.82 Å². The summed E-state index contributed by atoms with van der Waals surface area (Å²) in [6.07, 6.45) is 0.751. The number of amides is 1. The van der Waals surface area contributed by atoms with E-state index in [-0.39, 0.29) is 12.1 Å². The van der Waals surface area contributed by atoms with E-state index in [4.69, 9.17) is 0 Å². The van der Waals surface area contributed by atoms with E-state index in [0.29, 0.717) is 19.4 Å². The lowest BCUT2D eigenvalue weighted by Gasteiger charge is -2.30. The monoisotopic (exact) mass is 268 g/mol. The molecule has 1 fully saturated rings. The first-order chi connectivity index (χ1) is 8.99. The summed E-state index contributed by atoms with van der Waals surface area (Å²) in [4.78, 5) is 23.1. The number of aliphatic hydroxyl groups excluding tert-OH is 1. The number of benzene rings is 1. The minimum absolute atomic E-state index is 0.0530. The Kier molecular flexibility index (Phi) is 3.75. The van der Waals surface area contributed by atoms with Crippen LogP contribution >= 0.6 is 0 Å². The Morgan fingerprint density at radius 1 is 1.53 bits per heavy atom. The number of hydrogen-bond acceptors (Lipinski definition) is 4. The molecule has 2 rings (SSSR count). The normalized spacial score (nSPS) is 19.3. The highest BCUT2D eigenvalue weighted by Crippen LogP contribution is 2.20. The number of hydrogen-bond donors (Lipinski definition) is 1. The molecule has 1 unspecified atom stereocenters. The van der Waals surface area contributed by atoms with E-state index >= 15 is 0 Å². The van der Waals surface area contributed by atoms with Crippen LogP contribution in [0.2, 0.25) is 0 Å². The topological polar surface area (TPSA) is 83.7 Å². The molecule has 1 aromatic carbocycles. The van der Waals surface area contributed by atoms with Gasteiger partial charge in [0.15, 0.2) is 0 Å². The zero-order valence-electron chi connectivity index (χ0n) is 10.1. The summed E-state index contributed by atoms with van der Waals surface area (Å²) in [5.74, 6) is -1.46. The van der Waals surface area contributed by atoms with E-state index in [1.165, 1.54) is 11.0 Å². The summed E-state index contributed by atoms with van der Waals surface area (Å²) in [5, 5.41) is 20.0. The van der Waals surface area contributed by atoms with Gasteiger partial charge in [-0.3, -0.25) is 14.9 Å². The molecule has 1 aromatic rings. The van der Waals surface area contributed by atoms with Crippen molar-refractivity contribution in [3.05, 3.63) is 39.7 Å². The summed E-state index contributed by atoms with van der Waals surface area (Å²) in [6, 6.07) is 3.06. The van der Waals surface area contributed by atoms with Crippen LogP contribution in [0.15, 0.2) is 18.2 Å². The molecule has 0 saturated carbocycles. The zero-order chi connectivity index (χ0) is 14.0. The van der Waals surface area contributed by atoms with Gasteiger partial charge in [0.1, 0.15) is 0 Å². The number of piperidine rings is 1. The minimum atomic E-state index is -1.03. The highest BCUT2D eigenvalue weighted by Gasteiger charge is 2.24. The van der Waals surface area contributed by atoms with Gasteiger partial charge in [-0.1, -0.05) is 0 Å². The van der Waals surface area contributed by atoms with Gasteiger partial charge < -0.3 is 10.0 Å². The molecular formula is C12H13FN2O4. The largest absolute Gasteiger partial charge is 0.391 e. The lowest BCUT2D eigenvalue weighted by molar-refractivity contribution is -0.387. The SMILES string of the molecule is O=C(c1ccc([N+](=O)[O-])c(F)c1)N1CCCC(O)C1. The van der Waals surface area contributed by atoms with Gasteiger partial charge >= 0.3 is 5.69 Å². The highest BCUT2D eigenvalue weighted by atomic mass is 19.1. The molecule has 0 bridgehead atoms. The molecule has 1 atom stereocenters. The molecule has 7 heteroatoms. The summed E-state index contributed by atoms with van der Waals surface area (Å²) < 4.78 is 13.4. The lowest BCUT2D eigenvalue weighted by atomic mass is 10.1. The van der Waals surface area contributed by atoms with Gasteiger partial charge in [-0.25, -0.2) is 0 Å². The van der Waals surface area contributed by atoms with Crippen molar-refractivity contribution in [2.45, 2.75) is 18.9 Å². The Labute approximate surface area is 108 Å². The van der Waals surface area contributed by atoms with Crippen LogP contribution in [0.4, 0.5) is 10.1 Å². The number of rotatable bonds is 2. The molecular weight excluding hydrogens is 255 g/mol. The van der Waals surface area contributed by atoms with Gasteiger partial charge in [-0.15, -0.1) is 0 Å². The molecule has 6 nitrogen and oxygen atoms in total. The maximum atomic E-state index is 13.4. The molecule has 0 radical (unpaired) electrons. The molecule has 0 aromatic heterocycles. The predicted molar refractivity (Wildman–Crippen MR) is 64.2 cm³/mol. The minimum Gasteiger partial charge on any atom is -0.391 e. The van der Waals surface area contributed by atoms with Crippen LogP contribution in [0.5, 0.6) is 0 Å². The third kappa shape index (κ3) is 2.87. The fraction of sp³-hybridized carbons (Fsp3) is 0.417. The van der Waals surface area contributed by atoms with Gasteiger partial charge in [0.05, 0.1) is 11.0 Å². The zero-order valence-corrected chi connectivity index (χ0v) is 10.1. The second-order valence-electron chi connectivity index (χ2n) is 4.47. The molecule has 19 heavy (non-hydrogen) atoms. The van der Waals surface area contributed by atoms with Crippen molar-refractivity contribution < 1.29 is 19.2 Å². The molecule has 1 saturated heterocycles. The van der Waals surface area contributed by atoms with Crippen LogP contribution in [0.3, 0.4) is 0 Å². The fourth-order valence-electron chi connectivity index (χ4n) is 2.11. The third-order valence-electron chi connectivity index (χ3n) is 3.08. The van der Waals surface area contributed by atoms with Crippen LogP contribution in [0.1, 0.15) is 23.2 Å². The van der Waals surface area contributed by atoms with Crippen molar-refractivity contribution >= 4 is 11.6 Å². The van der Waals surface area contributed by atoms with Crippen LogP contribution in [-0.4, -0.2) is 40.0 Å². The van der Waals surface area contributed by atoms with Crippen LogP contribution in [0.25, 0.3) is 0 Å². The summed E-state index contributed by atoms with van der Waals surface area (Å²) in [7, 11) is 0. The molecule has 1 amide bonds. The number of nitrogens with zero attached hydrogens (tertiary/aromatic N) is 2. The van der Waals surface area contributed by atoms with E-state index in [0.717, 1.165) is 12.1 Å². The Bertz CT molecular complexity index is 520. The Balaban J connectivity index is 2.19. The fourth-order valence-corrected chi connectivity index (χ4v) is 2.11. The molecule has 102 valence electrons. The number of likely N-dealkylation sites (tertiary alicyclic amines) is 1. The Hall–Kier alpha value is -2.02. The summed E-state index contributed by atoms with van der Waals surface area (Å²) in [6.45, 7) is 0.700. The number of halogens is 1. The van der Waals surface area contributed by atoms with Gasteiger partial charge in [0.25, 0.3) is 5.91 Å². The van der Waals surface area contributed by atoms with Crippen molar-refractivity contribution in [1.82, 2.24) is 4.90 Å². The standard InChI is InChI=1S/C12H13FN2O4/c13-10-6-8(3-4-11(10)15(18)19)12(17)14-5-1-2-9(16)7-14/h3-4,6,9,16H,1-2,5,7H2. The van der Waals surface area contributed by atoms with Gasteiger partial charge in [0, 0.05) is 24.7 Å². The predicted octanol–water partition coefficient (Wildman–Crippen LogP) is 1.33. The molecule has 1 aliphatic rings. The Morgan fingerprint density at radius 2 is 2.26 bits per heavy atom. The van der Waals surface area contributed by atoms with Crippen molar-refractivity contribution in [2.75, 3.05) is 13.1 Å². The second kappa shape index (κ2) is 5.31. The van der Waals surface area contributed by atoms with E-state index in [1.54, 1.807) is 0 Å². The molecule has 0 spiro atoms. The molecule has 1 aliphatic heterocycles. The van der Waals surface area contributed by atoms with Crippen LogP contribution < -0.4 is 0 Å². The molecule has 1 N–H and O–H groups in total. The van der Waals surface area contributed by atoms with Crippen molar-refractivity contribution in [3.63, 3.8) is 0 Å². The number of carbonyl (C=O) groups excluding carboxylic acids is 1. The maximum Gasteiger partial charge on any atom is 0.304 e. The van der Waals surface area contributed by atoms with Gasteiger partial charge in [-0.2, -0.15) is 4.39 Å². The number of nitro benzene ring substituents is 1. The van der Waals surface area contributed by atoms with E-state index < -0.39 is 28.4 Å². The van der Waals surface area contributed by atoms with Crippen LogP contribution in [0, 0.1) is 15.9 Å². The first-order valence-electron chi connectivity index (χ1n) is 5.90. The first-order valence-corrected chi connectivity index (χ1v) is 5.90. The van der Waals surface area contributed by atoms with Gasteiger partial charge in [-0.05, 0) is 25.0 Å². The van der Waals surface area contributed by atoms with E-state index in [9.17, 15) is 24.4 Å². The molecule has 0 aliphatic carbocycles. The molecule has 1 heterocycles. The number of aliphatic hydroxyl groups is 1. The van der Waals surface area contributed by atoms with E-state index in [2.05, 4.69) is 0 Å². The quantitative estimate of drug-likeness (QED) is 0.648. The first kappa shape index (κ1) is 13.4. The van der Waals surface area contributed by atoms with Crippen molar-refractivity contribution in [3.8, 4) is 0 Å². The number of carbonyl (C=O) groups is 1. The van der Waals surface area contributed by atoms with Crippen molar-refractivity contribution in [2.24, 2.45) is 0 Å². The summed E-state index contributed by atoms with van der Waals surface area (Å²) in [5.41, 5.74) is -0.604. The summed E-state index contributed by atoms with van der Waals surface area (Å²) >= 11 is 0. The maximum absolute atomic E-state index is 13.4. The Morgan fingerprint density at radius 3 is 2.84 bits per heavy atom. The number of β-amino-alcohol motifs (C(OH)–C–C–N with tert-alkyl or cyclic N) is 1. The average molecular weight is 268 g/mol. The smallest absolute Gasteiger partial charge is 0.304 e. The average Bonchev–Trinajstić information content (AvgIpc) is 2.37. The highest BCUT2D eigenvalue weighted by molar-refractivity contribution is 5.94. The lowest BCUT2D eigenvalue weighted by Crippen LogP contribution is -2.42. The van der Waals surface area contributed by atoms with Crippen molar-refractivity contribution in [1.29, 1.82) is 0 Å². The third-order valence-corrected chi connectivity index (χ3v) is 3.08. The van der Waals surface area contributed by atoms with E-state index in [1.807, 2.05) is 0 Å². The number of nitro groups is 1. The second-order valence-corrected chi connectivity index (χ2v) is 4.47. The van der Waals surface area contributed by atoms with Crippen LogP contribution in [-0.2, 0) is 0 Å².